The van der Waals surface area contributed by atoms with E-state index in [-0.39, 0.29) is 0 Å². The van der Waals surface area contributed by atoms with E-state index in [0.29, 0.717) is 0 Å². The Hall–Kier alpha value is -5.58. The molecule has 0 unspecified atom stereocenters. The summed E-state index contributed by atoms with van der Waals surface area (Å²) in [6, 6.07) is 49.4. The van der Waals surface area contributed by atoms with Crippen molar-refractivity contribution < 1.29 is 8.83 Å². The molecular formula is C40H23NO2S. The van der Waals surface area contributed by atoms with E-state index in [1.54, 1.807) is 0 Å². The Bertz CT molecular complexity index is 2730. The van der Waals surface area contributed by atoms with Crippen molar-refractivity contribution in [1.29, 1.82) is 0 Å². The number of anilines is 3. The van der Waals surface area contributed by atoms with E-state index in [4.69, 9.17) is 8.83 Å². The molecule has 0 fully saturated rings. The summed E-state index contributed by atoms with van der Waals surface area (Å²) in [5.41, 5.74) is 6.82. The third-order valence-corrected chi connectivity index (χ3v) is 10.00. The molecule has 3 aromatic heterocycles. The normalized spacial score (nSPS) is 12.1. The van der Waals surface area contributed by atoms with E-state index in [2.05, 4.69) is 132 Å². The Morgan fingerprint density at radius 3 is 1.77 bits per heavy atom. The lowest BCUT2D eigenvalue weighted by Gasteiger charge is -2.25. The molecule has 0 bridgehead atoms. The van der Waals surface area contributed by atoms with E-state index in [1.807, 2.05) is 23.5 Å². The summed E-state index contributed by atoms with van der Waals surface area (Å²) in [6.45, 7) is 0. The number of hydrogen-bond donors (Lipinski definition) is 0. The number of fused-ring (bicyclic) bond motifs is 12. The van der Waals surface area contributed by atoms with Crippen molar-refractivity contribution in [3.63, 3.8) is 0 Å². The summed E-state index contributed by atoms with van der Waals surface area (Å²) in [4.78, 5) is 2.32. The van der Waals surface area contributed by atoms with Crippen LogP contribution in [0.15, 0.2) is 148 Å². The summed E-state index contributed by atoms with van der Waals surface area (Å²) in [7, 11) is 0. The molecule has 0 aliphatic carbocycles. The maximum Gasteiger partial charge on any atom is 0.137 e. The molecule has 3 heterocycles. The molecule has 44 heavy (non-hydrogen) atoms. The molecule has 0 saturated heterocycles. The predicted molar refractivity (Wildman–Crippen MR) is 186 cm³/mol. The van der Waals surface area contributed by atoms with Crippen molar-refractivity contribution in [2.24, 2.45) is 0 Å². The van der Waals surface area contributed by atoms with Gasteiger partial charge in [-0.05, 0) is 89.6 Å². The maximum absolute atomic E-state index is 6.57. The van der Waals surface area contributed by atoms with Gasteiger partial charge in [0, 0.05) is 64.8 Å². The molecule has 7 aromatic carbocycles. The molecule has 0 aliphatic heterocycles. The first-order chi connectivity index (χ1) is 21.8. The minimum absolute atomic E-state index is 0.866. The summed E-state index contributed by atoms with van der Waals surface area (Å²) < 4.78 is 15.4. The van der Waals surface area contributed by atoms with Crippen LogP contribution < -0.4 is 4.90 Å². The minimum atomic E-state index is 0.866. The van der Waals surface area contributed by atoms with E-state index >= 15 is 0 Å². The third-order valence-electron chi connectivity index (χ3n) is 8.85. The van der Waals surface area contributed by atoms with Crippen LogP contribution in [0.2, 0.25) is 0 Å². The maximum atomic E-state index is 6.57. The molecule has 10 rings (SSSR count). The Morgan fingerprint density at radius 1 is 0.364 bits per heavy atom. The average molecular weight is 582 g/mol. The van der Waals surface area contributed by atoms with Crippen LogP contribution in [0.4, 0.5) is 17.1 Å². The van der Waals surface area contributed by atoms with Crippen LogP contribution in [-0.4, -0.2) is 0 Å². The standard InChI is InChI=1S/C40H23NO2S/c1-2-8-24(9-3-1)41(25-15-21-38-32(22-25)27-10-5-7-13-37(27)44-38)26-14-16-31-36(23-26)43-35-20-18-28-29(40(31)35)17-19-34-39(28)30-11-4-6-12-33(30)42-34/h1-23H. The minimum Gasteiger partial charge on any atom is -0.456 e. The third kappa shape index (κ3) is 3.37. The molecule has 10 aromatic rings. The zero-order valence-electron chi connectivity index (χ0n) is 23.5. The molecule has 0 atom stereocenters. The highest BCUT2D eigenvalue weighted by Gasteiger charge is 2.19. The molecular weight excluding hydrogens is 559 g/mol. The van der Waals surface area contributed by atoms with Crippen LogP contribution >= 0.6 is 11.3 Å². The Balaban J connectivity index is 1.20. The quantitative estimate of drug-likeness (QED) is 0.208. The molecule has 0 N–H and O–H groups in total. The first-order valence-electron chi connectivity index (χ1n) is 14.8. The zero-order valence-corrected chi connectivity index (χ0v) is 24.3. The van der Waals surface area contributed by atoms with Gasteiger partial charge < -0.3 is 13.7 Å². The predicted octanol–water partition coefficient (Wildman–Crippen LogP) is 12.5. The second-order valence-corrected chi connectivity index (χ2v) is 12.4. The average Bonchev–Trinajstić information content (AvgIpc) is 3.76. The largest absolute Gasteiger partial charge is 0.456 e. The van der Waals surface area contributed by atoms with E-state index in [9.17, 15) is 0 Å². The van der Waals surface area contributed by atoms with Gasteiger partial charge in [-0.1, -0.05) is 54.6 Å². The van der Waals surface area contributed by atoms with E-state index < -0.39 is 0 Å². The molecule has 0 saturated carbocycles. The number of hydrogen-bond acceptors (Lipinski definition) is 4. The van der Waals surface area contributed by atoms with E-state index in [0.717, 1.165) is 60.9 Å². The first-order valence-corrected chi connectivity index (χ1v) is 15.6. The van der Waals surface area contributed by atoms with Gasteiger partial charge in [-0.15, -0.1) is 11.3 Å². The number of furan rings is 2. The zero-order chi connectivity index (χ0) is 28.8. The van der Waals surface area contributed by atoms with Crippen LogP contribution in [0.3, 0.4) is 0 Å². The van der Waals surface area contributed by atoms with Crippen molar-refractivity contribution >= 4 is 103 Å². The van der Waals surface area contributed by atoms with Crippen molar-refractivity contribution in [2.75, 3.05) is 4.90 Å². The van der Waals surface area contributed by atoms with Crippen LogP contribution in [0.5, 0.6) is 0 Å². The van der Waals surface area contributed by atoms with Crippen LogP contribution in [0.1, 0.15) is 0 Å². The van der Waals surface area contributed by atoms with E-state index in [1.165, 1.54) is 30.9 Å². The van der Waals surface area contributed by atoms with Crippen molar-refractivity contribution in [3.8, 4) is 0 Å². The Kier molecular flexibility index (Phi) is 4.87. The fourth-order valence-electron chi connectivity index (χ4n) is 6.91. The first kappa shape index (κ1) is 23.9. The van der Waals surface area contributed by atoms with Gasteiger partial charge in [0.15, 0.2) is 0 Å². The van der Waals surface area contributed by atoms with Gasteiger partial charge in [-0.25, -0.2) is 0 Å². The van der Waals surface area contributed by atoms with Crippen LogP contribution in [0.25, 0.3) is 74.8 Å². The molecule has 0 radical (unpaired) electrons. The lowest BCUT2D eigenvalue weighted by molar-refractivity contribution is 0.668. The lowest BCUT2D eigenvalue weighted by atomic mass is 9.99. The lowest BCUT2D eigenvalue weighted by Crippen LogP contribution is -2.09. The van der Waals surface area contributed by atoms with Gasteiger partial charge in [0.2, 0.25) is 0 Å². The Labute approximate surface area is 255 Å². The highest BCUT2D eigenvalue weighted by Crippen LogP contribution is 2.44. The molecule has 206 valence electrons. The fraction of sp³-hybridized carbons (Fsp3) is 0. The van der Waals surface area contributed by atoms with Gasteiger partial charge in [-0.3, -0.25) is 0 Å². The summed E-state index contributed by atoms with van der Waals surface area (Å²) in [5.74, 6) is 0. The smallest absolute Gasteiger partial charge is 0.137 e. The van der Waals surface area contributed by atoms with Crippen molar-refractivity contribution in [1.82, 2.24) is 0 Å². The molecule has 0 amide bonds. The van der Waals surface area contributed by atoms with Gasteiger partial charge >= 0.3 is 0 Å². The molecule has 4 heteroatoms. The second-order valence-electron chi connectivity index (χ2n) is 11.3. The van der Waals surface area contributed by atoms with Crippen molar-refractivity contribution in [3.05, 3.63) is 140 Å². The summed E-state index contributed by atoms with van der Waals surface area (Å²) in [6.07, 6.45) is 0. The number of thiophene rings is 1. The van der Waals surface area contributed by atoms with Gasteiger partial charge in [0.1, 0.15) is 22.3 Å². The van der Waals surface area contributed by atoms with Gasteiger partial charge in [0.25, 0.3) is 0 Å². The van der Waals surface area contributed by atoms with Gasteiger partial charge in [0.05, 0.1) is 0 Å². The number of rotatable bonds is 3. The molecule has 0 spiro atoms. The number of para-hydroxylation sites is 2. The number of nitrogens with zero attached hydrogens (tertiary/aromatic N) is 1. The van der Waals surface area contributed by atoms with Crippen molar-refractivity contribution in [2.45, 2.75) is 0 Å². The number of benzene rings is 7. The monoisotopic (exact) mass is 581 g/mol. The van der Waals surface area contributed by atoms with Crippen LogP contribution in [-0.2, 0) is 0 Å². The molecule has 3 nitrogen and oxygen atoms in total. The summed E-state index contributed by atoms with van der Waals surface area (Å²) >= 11 is 1.84. The summed E-state index contributed by atoms with van der Waals surface area (Å²) in [5, 5.41) is 9.44. The second kappa shape index (κ2) is 8.96. The SMILES string of the molecule is c1ccc(N(c2ccc3c(c2)oc2ccc4c(ccc5oc6ccccc6c54)c23)c2ccc3sc4ccccc4c3c2)cc1. The van der Waals surface area contributed by atoms with Gasteiger partial charge in [-0.2, -0.15) is 0 Å². The molecule has 0 aliphatic rings. The topological polar surface area (TPSA) is 29.5 Å². The Morgan fingerprint density at radius 2 is 0.955 bits per heavy atom. The highest BCUT2D eigenvalue weighted by molar-refractivity contribution is 7.25. The fourth-order valence-corrected chi connectivity index (χ4v) is 8.00. The highest BCUT2D eigenvalue weighted by atomic mass is 32.1. The van der Waals surface area contributed by atoms with Crippen LogP contribution in [0, 0.1) is 0 Å².